The molecule has 2 heterocycles. The first kappa shape index (κ1) is 14.3. The molecule has 2 aromatic rings. The minimum absolute atomic E-state index is 0.171. The Hall–Kier alpha value is -1.66. The molecule has 2 aromatic heterocycles. The third kappa shape index (κ3) is 2.87. The van der Waals surface area contributed by atoms with Gasteiger partial charge in [-0.25, -0.2) is 0 Å². The number of aliphatic hydroxyl groups is 1. The Bertz CT molecular complexity index is 631. The highest BCUT2D eigenvalue weighted by Gasteiger charge is 2.27. The molecule has 1 aliphatic rings. The molecule has 112 valence electrons. The highest BCUT2D eigenvalue weighted by atomic mass is 32.1. The van der Waals surface area contributed by atoms with E-state index in [1.54, 1.807) is 6.92 Å². The lowest BCUT2D eigenvalue weighted by atomic mass is 9.95. The molecular weight excluding hydrogens is 286 g/mol. The number of carbonyl (C=O) groups is 1. The van der Waals surface area contributed by atoms with Crippen molar-refractivity contribution in [1.82, 2.24) is 15.5 Å². The van der Waals surface area contributed by atoms with Crippen LogP contribution >= 0.6 is 11.3 Å². The first-order valence-electron chi connectivity index (χ1n) is 7.17. The lowest BCUT2D eigenvalue weighted by molar-refractivity contribution is 0.0528. The largest absolute Gasteiger partial charge is 0.384 e. The van der Waals surface area contributed by atoms with E-state index in [4.69, 9.17) is 0 Å². The number of rotatable bonds is 4. The van der Waals surface area contributed by atoms with Crippen LogP contribution in [0, 0.1) is 0 Å². The molecule has 5 nitrogen and oxygen atoms in total. The molecule has 1 amide bonds. The second-order valence-corrected chi connectivity index (χ2v) is 6.49. The zero-order valence-corrected chi connectivity index (χ0v) is 12.8. The summed E-state index contributed by atoms with van der Waals surface area (Å²) in [6.07, 6.45) is 4.10. The van der Waals surface area contributed by atoms with Crippen LogP contribution in [-0.2, 0) is 18.4 Å². The molecule has 0 aromatic carbocycles. The number of thiophene rings is 1. The average molecular weight is 305 g/mol. The van der Waals surface area contributed by atoms with Crippen molar-refractivity contribution >= 4 is 17.2 Å². The Morgan fingerprint density at radius 2 is 2.33 bits per heavy atom. The van der Waals surface area contributed by atoms with Gasteiger partial charge in [-0.15, -0.1) is 0 Å². The number of aryl methyl sites for hydroxylation is 1. The Morgan fingerprint density at radius 1 is 1.52 bits per heavy atom. The molecule has 0 spiro atoms. The van der Waals surface area contributed by atoms with Gasteiger partial charge in [0.15, 0.2) is 5.69 Å². The lowest BCUT2D eigenvalue weighted by Gasteiger charge is -2.22. The SMILES string of the molecule is CC(O)(CNC(=O)c1n[nH]c2c1CCCC2)c1ccsc1. The highest BCUT2D eigenvalue weighted by Crippen LogP contribution is 2.24. The highest BCUT2D eigenvalue weighted by molar-refractivity contribution is 7.08. The summed E-state index contributed by atoms with van der Waals surface area (Å²) in [5.41, 5.74) is 2.35. The topological polar surface area (TPSA) is 78.0 Å². The minimum Gasteiger partial charge on any atom is -0.384 e. The predicted octanol–water partition coefficient (Wildman–Crippen LogP) is 1.99. The smallest absolute Gasteiger partial charge is 0.272 e. The molecule has 3 N–H and O–H groups in total. The van der Waals surface area contributed by atoms with Crippen LogP contribution in [0.2, 0.25) is 0 Å². The average Bonchev–Trinajstić information content (AvgIpc) is 3.14. The van der Waals surface area contributed by atoms with Gasteiger partial charge in [-0.05, 0) is 55.0 Å². The van der Waals surface area contributed by atoms with E-state index in [9.17, 15) is 9.90 Å². The van der Waals surface area contributed by atoms with Gasteiger partial charge in [-0.1, -0.05) is 0 Å². The van der Waals surface area contributed by atoms with Gasteiger partial charge in [-0.3, -0.25) is 9.89 Å². The van der Waals surface area contributed by atoms with E-state index in [-0.39, 0.29) is 12.5 Å². The quantitative estimate of drug-likeness (QED) is 0.808. The molecule has 0 bridgehead atoms. The van der Waals surface area contributed by atoms with Gasteiger partial charge >= 0.3 is 0 Å². The van der Waals surface area contributed by atoms with E-state index in [1.807, 2.05) is 16.8 Å². The van der Waals surface area contributed by atoms with Crippen molar-refractivity contribution in [1.29, 1.82) is 0 Å². The maximum absolute atomic E-state index is 12.3. The van der Waals surface area contributed by atoms with E-state index >= 15 is 0 Å². The first-order chi connectivity index (χ1) is 10.1. The fourth-order valence-corrected chi connectivity index (χ4v) is 3.46. The number of H-pyrrole nitrogens is 1. The molecule has 6 heteroatoms. The van der Waals surface area contributed by atoms with Crippen molar-refractivity contribution in [3.63, 3.8) is 0 Å². The molecule has 1 aliphatic carbocycles. The van der Waals surface area contributed by atoms with E-state index in [2.05, 4.69) is 15.5 Å². The molecule has 1 atom stereocenters. The number of nitrogens with zero attached hydrogens (tertiary/aromatic N) is 1. The zero-order chi connectivity index (χ0) is 14.9. The van der Waals surface area contributed by atoms with Gasteiger partial charge in [0.25, 0.3) is 5.91 Å². The van der Waals surface area contributed by atoms with Crippen molar-refractivity contribution in [2.24, 2.45) is 0 Å². The molecular formula is C15H19N3O2S. The van der Waals surface area contributed by atoms with Gasteiger partial charge in [0, 0.05) is 11.3 Å². The molecule has 0 radical (unpaired) electrons. The second-order valence-electron chi connectivity index (χ2n) is 5.70. The fraction of sp³-hybridized carbons (Fsp3) is 0.467. The molecule has 3 rings (SSSR count). The predicted molar refractivity (Wildman–Crippen MR) is 81.5 cm³/mol. The third-order valence-electron chi connectivity index (χ3n) is 4.01. The summed E-state index contributed by atoms with van der Waals surface area (Å²) in [6.45, 7) is 1.87. The van der Waals surface area contributed by atoms with Crippen LogP contribution in [0.3, 0.4) is 0 Å². The Morgan fingerprint density at radius 3 is 3.10 bits per heavy atom. The Kier molecular flexibility index (Phi) is 3.82. The van der Waals surface area contributed by atoms with Crippen molar-refractivity contribution < 1.29 is 9.90 Å². The summed E-state index contributed by atoms with van der Waals surface area (Å²) in [5.74, 6) is -0.218. The number of aromatic nitrogens is 2. The van der Waals surface area contributed by atoms with Gasteiger partial charge in [0.1, 0.15) is 5.60 Å². The van der Waals surface area contributed by atoms with Gasteiger partial charge < -0.3 is 10.4 Å². The zero-order valence-electron chi connectivity index (χ0n) is 12.0. The molecule has 0 saturated heterocycles. The van der Waals surface area contributed by atoms with Crippen LogP contribution in [0.4, 0.5) is 0 Å². The van der Waals surface area contributed by atoms with E-state index < -0.39 is 5.60 Å². The minimum atomic E-state index is -1.06. The van der Waals surface area contributed by atoms with Crippen molar-refractivity contribution in [2.75, 3.05) is 6.54 Å². The number of nitrogens with one attached hydrogen (secondary N) is 2. The monoisotopic (exact) mass is 305 g/mol. The first-order valence-corrected chi connectivity index (χ1v) is 8.11. The van der Waals surface area contributed by atoms with E-state index in [1.165, 1.54) is 11.3 Å². The molecule has 0 fully saturated rings. The van der Waals surface area contributed by atoms with Crippen LogP contribution < -0.4 is 5.32 Å². The molecule has 0 aliphatic heterocycles. The lowest BCUT2D eigenvalue weighted by Crippen LogP contribution is -2.38. The van der Waals surface area contributed by atoms with Crippen LogP contribution in [-0.4, -0.2) is 27.8 Å². The van der Waals surface area contributed by atoms with Gasteiger partial charge in [0.05, 0.1) is 6.54 Å². The number of hydrogen-bond donors (Lipinski definition) is 3. The summed E-state index contributed by atoms with van der Waals surface area (Å²) in [4.78, 5) is 12.3. The van der Waals surface area contributed by atoms with Crippen molar-refractivity contribution in [3.05, 3.63) is 39.3 Å². The van der Waals surface area contributed by atoms with Crippen molar-refractivity contribution in [3.8, 4) is 0 Å². The van der Waals surface area contributed by atoms with Crippen LogP contribution in [0.15, 0.2) is 16.8 Å². The number of fused-ring (bicyclic) bond motifs is 1. The standard InChI is InChI=1S/C15H19N3O2S/c1-15(20,10-6-7-21-8-10)9-16-14(19)13-11-4-2-3-5-12(11)17-18-13/h6-8,20H,2-5,9H2,1H3,(H,16,19)(H,17,18). The maximum Gasteiger partial charge on any atom is 0.272 e. The van der Waals surface area contributed by atoms with Gasteiger partial charge in [-0.2, -0.15) is 16.4 Å². The van der Waals surface area contributed by atoms with E-state index in [0.29, 0.717) is 5.69 Å². The number of carbonyl (C=O) groups excluding carboxylic acids is 1. The Labute approximate surface area is 127 Å². The van der Waals surface area contributed by atoms with Crippen LogP contribution in [0.1, 0.15) is 47.1 Å². The second kappa shape index (κ2) is 5.61. The third-order valence-corrected chi connectivity index (χ3v) is 4.69. The van der Waals surface area contributed by atoms with Crippen LogP contribution in [0.25, 0.3) is 0 Å². The number of aromatic amines is 1. The molecule has 21 heavy (non-hydrogen) atoms. The van der Waals surface area contributed by atoms with Crippen LogP contribution in [0.5, 0.6) is 0 Å². The summed E-state index contributed by atoms with van der Waals surface area (Å²) >= 11 is 1.53. The number of amides is 1. The molecule has 0 saturated carbocycles. The molecule has 1 unspecified atom stereocenters. The summed E-state index contributed by atoms with van der Waals surface area (Å²) in [6, 6.07) is 1.87. The van der Waals surface area contributed by atoms with E-state index in [0.717, 1.165) is 42.5 Å². The number of hydrogen-bond acceptors (Lipinski definition) is 4. The fourth-order valence-electron chi connectivity index (χ4n) is 2.68. The van der Waals surface area contributed by atoms with Gasteiger partial charge in [0.2, 0.25) is 0 Å². The normalized spacial score (nSPS) is 17.0. The summed E-state index contributed by atoms with van der Waals surface area (Å²) in [5, 5.41) is 24.1. The summed E-state index contributed by atoms with van der Waals surface area (Å²) in [7, 11) is 0. The summed E-state index contributed by atoms with van der Waals surface area (Å²) < 4.78 is 0. The maximum atomic E-state index is 12.3. The Balaban J connectivity index is 1.68. The van der Waals surface area contributed by atoms with Crippen molar-refractivity contribution in [2.45, 2.75) is 38.2 Å².